The molecular weight excluding hydrogens is 196 g/mol. The monoisotopic (exact) mass is 222 g/mol. The minimum absolute atomic E-state index is 0.352. The van der Waals surface area contributed by atoms with Crippen LogP contribution in [0.5, 0.6) is 0 Å². The van der Waals surface area contributed by atoms with E-state index in [2.05, 4.69) is 27.7 Å². The Morgan fingerprint density at radius 3 is 2.38 bits per heavy atom. The maximum absolute atomic E-state index is 10.6. The zero-order chi connectivity index (χ0) is 11.8. The summed E-state index contributed by atoms with van der Waals surface area (Å²) in [7, 11) is 0. The maximum Gasteiger partial charge on any atom is 0.0653 e. The Bertz CT molecular complexity index is 313. The third kappa shape index (κ3) is 1.06. The first-order chi connectivity index (χ1) is 7.31. The molecule has 0 unspecified atom stereocenters. The first-order valence-corrected chi connectivity index (χ1v) is 7.03. The third-order valence-corrected chi connectivity index (χ3v) is 6.79. The molecule has 0 aromatic rings. The van der Waals surface area contributed by atoms with Crippen molar-refractivity contribution in [2.24, 2.45) is 28.6 Å². The molecule has 0 heterocycles. The van der Waals surface area contributed by atoms with Crippen molar-refractivity contribution in [2.45, 2.75) is 65.4 Å². The van der Waals surface area contributed by atoms with Gasteiger partial charge in [0.25, 0.3) is 0 Å². The Morgan fingerprint density at radius 1 is 1.00 bits per heavy atom. The Hall–Kier alpha value is -0.0400. The lowest BCUT2D eigenvalue weighted by Gasteiger charge is -2.44. The highest BCUT2D eigenvalue weighted by atomic mass is 16.3. The predicted octanol–water partition coefficient (Wildman–Crippen LogP) is 3.61. The summed E-state index contributed by atoms with van der Waals surface area (Å²) >= 11 is 0. The van der Waals surface area contributed by atoms with Gasteiger partial charge in [0.1, 0.15) is 0 Å². The van der Waals surface area contributed by atoms with E-state index in [9.17, 15) is 5.11 Å². The van der Waals surface area contributed by atoms with Crippen LogP contribution in [0.2, 0.25) is 0 Å². The molecule has 92 valence electrons. The van der Waals surface area contributed by atoms with E-state index < -0.39 is 5.60 Å². The van der Waals surface area contributed by atoms with Crippen LogP contribution in [0.4, 0.5) is 0 Å². The van der Waals surface area contributed by atoms with Gasteiger partial charge in [0.2, 0.25) is 0 Å². The SMILES string of the molecule is C[C@@H]1CC[C@@H]2C(C)(C)[C@@H]3C[C@@]12CC[C@@]3(C)O. The van der Waals surface area contributed by atoms with Crippen LogP contribution in [0.25, 0.3) is 0 Å². The van der Waals surface area contributed by atoms with Gasteiger partial charge in [-0.3, -0.25) is 0 Å². The van der Waals surface area contributed by atoms with Crippen molar-refractivity contribution < 1.29 is 5.11 Å². The smallest absolute Gasteiger partial charge is 0.0653 e. The number of hydrogen-bond donors (Lipinski definition) is 1. The van der Waals surface area contributed by atoms with Gasteiger partial charge >= 0.3 is 0 Å². The summed E-state index contributed by atoms with van der Waals surface area (Å²) in [5.74, 6) is 2.29. The average Bonchev–Trinajstić information content (AvgIpc) is 2.58. The highest BCUT2D eigenvalue weighted by Gasteiger charge is 2.67. The van der Waals surface area contributed by atoms with Gasteiger partial charge in [-0.05, 0) is 67.6 Å². The van der Waals surface area contributed by atoms with Gasteiger partial charge in [-0.2, -0.15) is 0 Å². The van der Waals surface area contributed by atoms with Crippen LogP contribution in [0, 0.1) is 28.6 Å². The molecule has 0 radical (unpaired) electrons. The summed E-state index contributed by atoms with van der Waals surface area (Å²) in [6.45, 7) is 9.38. The van der Waals surface area contributed by atoms with E-state index in [0.29, 0.717) is 16.7 Å². The van der Waals surface area contributed by atoms with Crippen LogP contribution in [0.15, 0.2) is 0 Å². The lowest BCUT2D eigenvalue weighted by atomic mass is 9.64. The number of rotatable bonds is 0. The molecule has 0 aliphatic heterocycles. The van der Waals surface area contributed by atoms with Crippen molar-refractivity contribution >= 4 is 0 Å². The fraction of sp³-hybridized carbons (Fsp3) is 1.00. The summed E-state index contributed by atoms with van der Waals surface area (Å²) < 4.78 is 0. The fourth-order valence-corrected chi connectivity index (χ4v) is 5.88. The van der Waals surface area contributed by atoms with Gasteiger partial charge in [-0.15, -0.1) is 0 Å². The van der Waals surface area contributed by atoms with Crippen LogP contribution < -0.4 is 0 Å². The second-order valence-electron chi connectivity index (χ2n) is 7.70. The number of hydrogen-bond acceptors (Lipinski definition) is 1. The van der Waals surface area contributed by atoms with Crippen molar-refractivity contribution in [3.8, 4) is 0 Å². The highest BCUT2D eigenvalue weighted by Crippen LogP contribution is 2.73. The Morgan fingerprint density at radius 2 is 1.69 bits per heavy atom. The molecule has 2 bridgehead atoms. The molecule has 3 rings (SSSR count). The second-order valence-corrected chi connectivity index (χ2v) is 7.70. The maximum atomic E-state index is 10.6. The van der Waals surface area contributed by atoms with Gasteiger partial charge < -0.3 is 5.11 Å². The molecule has 0 aromatic carbocycles. The normalized spacial score (nSPS) is 58.7. The summed E-state index contributed by atoms with van der Waals surface area (Å²) in [5.41, 5.74) is 0.542. The lowest BCUT2D eigenvalue weighted by molar-refractivity contribution is -0.0717. The highest BCUT2D eigenvalue weighted by molar-refractivity contribution is 5.16. The second kappa shape index (κ2) is 2.85. The van der Waals surface area contributed by atoms with E-state index in [1.165, 1.54) is 25.7 Å². The molecule has 1 heteroatoms. The molecular formula is C15H26O. The summed E-state index contributed by atoms with van der Waals surface area (Å²) in [6, 6.07) is 0. The molecule has 3 saturated carbocycles. The molecule has 3 aliphatic rings. The molecule has 1 spiro atoms. The quantitative estimate of drug-likeness (QED) is 0.664. The van der Waals surface area contributed by atoms with Crippen LogP contribution in [0.3, 0.4) is 0 Å². The van der Waals surface area contributed by atoms with E-state index in [-0.39, 0.29) is 0 Å². The van der Waals surface area contributed by atoms with Crippen LogP contribution in [0.1, 0.15) is 59.8 Å². The first kappa shape index (κ1) is 11.1. The average molecular weight is 222 g/mol. The predicted molar refractivity (Wildman–Crippen MR) is 66.1 cm³/mol. The van der Waals surface area contributed by atoms with Gasteiger partial charge in [-0.25, -0.2) is 0 Å². The molecule has 16 heavy (non-hydrogen) atoms. The molecule has 5 atom stereocenters. The van der Waals surface area contributed by atoms with Gasteiger partial charge in [0.15, 0.2) is 0 Å². The molecule has 1 nitrogen and oxygen atoms in total. The third-order valence-electron chi connectivity index (χ3n) is 6.79. The zero-order valence-corrected chi connectivity index (χ0v) is 11.2. The van der Waals surface area contributed by atoms with Crippen molar-refractivity contribution in [3.05, 3.63) is 0 Å². The van der Waals surface area contributed by atoms with Crippen molar-refractivity contribution in [3.63, 3.8) is 0 Å². The standard InChI is InChI=1S/C15H26O/c1-10-5-6-11-13(2,3)12-9-15(10,11)8-7-14(12,4)16/h10-12,16H,5-9H2,1-4H3/t10-,11-,12+,14-,15+/m1/s1. The van der Waals surface area contributed by atoms with Gasteiger partial charge in [-0.1, -0.05) is 20.8 Å². The van der Waals surface area contributed by atoms with Crippen LogP contribution in [-0.4, -0.2) is 10.7 Å². The van der Waals surface area contributed by atoms with Crippen molar-refractivity contribution in [1.29, 1.82) is 0 Å². The minimum atomic E-state index is -0.404. The molecule has 3 fully saturated rings. The fourth-order valence-electron chi connectivity index (χ4n) is 5.88. The number of aliphatic hydroxyl groups is 1. The van der Waals surface area contributed by atoms with E-state index in [1.807, 2.05) is 0 Å². The van der Waals surface area contributed by atoms with E-state index >= 15 is 0 Å². The largest absolute Gasteiger partial charge is 0.390 e. The lowest BCUT2D eigenvalue weighted by Crippen LogP contribution is -2.44. The Labute approximate surface area is 99.6 Å². The summed E-state index contributed by atoms with van der Waals surface area (Å²) in [4.78, 5) is 0. The van der Waals surface area contributed by atoms with Gasteiger partial charge in [0, 0.05) is 0 Å². The Kier molecular flexibility index (Phi) is 1.98. The van der Waals surface area contributed by atoms with Gasteiger partial charge in [0.05, 0.1) is 5.60 Å². The van der Waals surface area contributed by atoms with Crippen molar-refractivity contribution in [2.75, 3.05) is 0 Å². The topological polar surface area (TPSA) is 20.2 Å². The van der Waals surface area contributed by atoms with Crippen molar-refractivity contribution in [1.82, 2.24) is 0 Å². The summed E-state index contributed by atoms with van der Waals surface area (Å²) in [5, 5.41) is 10.6. The Balaban J connectivity index is 2.07. The first-order valence-electron chi connectivity index (χ1n) is 7.03. The molecule has 3 aliphatic carbocycles. The molecule has 0 amide bonds. The molecule has 0 saturated heterocycles. The number of fused-ring (bicyclic) bond motifs is 1. The van der Waals surface area contributed by atoms with Crippen LogP contribution >= 0.6 is 0 Å². The molecule has 0 aromatic heterocycles. The van der Waals surface area contributed by atoms with Crippen LogP contribution in [-0.2, 0) is 0 Å². The summed E-state index contributed by atoms with van der Waals surface area (Å²) in [6.07, 6.45) is 6.41. The zero-order valence-electron chi connectivity index (χ0n) is 11.2. The van der Waals surface area contributed by atoms with E-state index in [0.717, 1.165) is 18.3 Å². The van der Waals surface area contributed by atoms with E-state index in [1.54, 1.807) is 0 Å². The minimum Gasteiger partial charge on any atom is -0.390 e. The van der Waals surface area contributed by atoms with E-state index in [4.69, 9.17) is 0 Å². The molecule has 1 N–H and O–H groups in total.